The number of benzene rings is 1. The van der Waals surface area contributed by atoms with Crippen LogP contribution in [0.25, 0.3) is 11.4 Å². The minimum Gasteiger partial charge on any atom is -0.452 e. The number of hydrogen-bond donors (Lipinski definition) is 0. The fourth-order valence-corrected chi connectivity index (χ4v) is 3.33. The lowest BCUT2D eigenvalue weighted by Gasteiger charge is -2.07. The fourth-order valence-electron chi connectivity index (χ4n) is 3.33. The Labute approximate surface area is 151 Å². The molecule has 0 aliphatic heterocycles. The molecule has 6 heteroatoms. The number of esters is 1. The molecule has 0 bridgehead atoms. The molecule has 2 aromatic heterocycles. The van der Waals surface area contributed by atoms with Crippen LogP contribution >= 0.6 is 0 Å². The van der Waals surface area contributed by atoms with E-state index in [0.29, 0.717) is 17.4 Å². The zero-order valence-electron chi connectivity index (χ0n) is 15.2. The van der Waals surface area contributed by atoms with Gasteiger partial charge in [-0.1, -0.05) is 29.4 Å². The number of rotatable bonds is 5. The van der Waals surface area contributed by atoms with Crippen molar-refractivity contribution >= 4 is 5.97 Å². The Bertz CT molecular complexity index is 967. The van der Waals surface area contributed by atoms with Crippen LogP contribution in [0.1, 0.15) is 52.1 Å². The predicted molar refractivity (Wildman–Crippen MR) is 95.8 cm³/mol. The van der Waals surface area contributed by atoms with Crippen molar-refractivity contribution in [3.63, 3.8) is 0 Å². The Hall–Kier alpha value is -2.89. The van der Waals surface area contributed by atoms with Crippen molar-refractivity contribution in [2.75, 3.05) is 0 Å². The number of nitrogens with zero attached hydrogens (tertiary/aromatic N) is 3. The first kappa shape index (κ1) is 16.6. The molecule has 26 heavy (non-hydrogen) atoms. The maximum atomic E-state index is 12.5. The Morgan fingerprint density at radius 2 is 2.04 bits per heavy atom. The van der Waals surface area contributed by atoms with Gasteiger partial charge < -0.3 is 13.8 Å². The summed E-state index contributed by atoms with van der Waals surface area (Å²) in [5.74, 6) is 0.425. The third-order valence-corrected chi connectivity index (χ3v) is 4.80. The Balaban J connectivity index is 1.46. The second-order valence-electron chi connectivity index (χ2n) is 6.79. The fraction of sp³-hybridized carbons (Fsp3) is 0.350. The molecule has 2 heterocycles. The van der Waals surface area contributed by atoms with Crippen molar-refractivity contribution < 1.29 is 14.1 Å². The molecule has 1 saturated carbocycles. The van der Waals surface area contributed by atoms with Crippen molar-refractivity contribution in [1.29, 1.82) is 0 Å². The first-order chi connectivity index (χ1) is 12.5. The van der Waals surface area contributed by atoms with E-state index >= 15 is 0 Å². The highest BCUT2D eigenvalue weighted by molar-refractivity contribution is 5.91. The largest absolute Gasteiger partial charge is 0.452 e. The molecular weight excluding hydrogens is 330 g/mol. The molecule has 134 valence electrons. The highest BCUT2D eigenvalue weighted by atomic mass is 16.6. The maximum absolute atomic E-state index is 12.5. The van der Waals surface area contributed by atoms with Gasteiger partial charge in [-0.2, -0.15) is 4.98 Å². The van der Waals surface area contributed by atoms with E-state index in [1.54, 1.807) is 0 Å². The second-order valence-corrected chi connectivity index (χ2v) is 6.79. The van der Waals surface area contributed by atoms with Crippen LogP contribution in [0.3, 0.4) is 0 Å². The molecule has 0 N–H and O–H groups in total. The molecule has 0 saturated heterocycles. The third kappa shape index (κ3) is 3.03. The van der Waals surface area contributed by atoms with Crippen LogP contribution in [-0.2, 0) is 11.3 Å². The summed E-state index contributed by atoms with van der Waals surface area (Å²) in [6.45, 7) is 5.94. The Kier molecular flexibility index (Phi) is 4.11. The van der Waals surface area contributed by atoms with E-state index in [-0.39, 0.29) is 18.5 Å². The van der Waals surface area contributed by atoms with E-state index in [2.05, 4.69) is 14.7 Å². The molecular formula is C20H21N3O3. The third-order valence-electron chi connectivity index (χ3n) is 4.80. The van der Waals surface area contributed by atoms with Gasteiger partial charge in [0, 0.05) is 23.0 Å². The normalized spacial score (nSPS) is 13.8. The van der Waals surface area contributed by atoms with Crippen molar-refractivity contribution in [3.8, 4) is 11.4 Å². The van der Waals surface area contributed by atoms with Crippen LogP contribution < -0.4 is 0 Å². The average molecular weight is 351 g/mol. The number of aryl methyl sites for hydroxylation is 2. The molecule has 1 aliphatic carbocycles. The van der Waals surface area contributed by atoms with Gasteiger partial charge in [-0.05, 0) is 45.2 Å². The summed E-state index contributed by atoms with van der Waals surface area (Å²) in [5, 5.41) is 3.98. The Morgan fingerprint density at radius 1 is 1.27 bits per heavy atom. The van der Waals surface area contributed by atoms with Gasteiger partial charge in [0.15, 0.2) is 6.61 Å². The molecule has 0 radical (unpaired) electrons. The number of carbonyl (C=O) groups is 1. The molecule has 1 aromatic carbocycles. The van der Waals surface area contributed by atoms with Crippen molar-refractivity contribution in [3.05, 3.63) is 58.7 Å². The van der Waals surface area contributed by atoms with Crippen LogP contribution in [0.2, 0.25) is 0 Å². The van der Waals surface area contributed by atoms with E-state index in [4.69, 9.17) is 9.26 Å². The molecule has 0 spiro atoms. The van der Waals surface area contributed by atoms with E-state index in [9.17, 15) is 4.79 Å². The summed E-state index contributed by atoms with van der Waals surface area (Å²) in [7, 11) is 0. The van der Waals surface area contributed by atoms with E-state index in [1.165, 1.54) is 12.8 Å². The summed E-state index contributed by atoms with van der Waals surface area (Å²) in [6.07, 6.45) is 2.35. The monoisotopic (exact) mass is 351 g/mol. The number of hydrogen-bond acceptors (Lipinski definition) is 5. The molecule has 3 aromatic rings. The van der Waals surface area contributed by atoms with Gasteiger partial charge >= 0.3 is 5.97 Å². The van der Waals surface area contributed by atoms with Crippen LogP contribution in [0.5, 0.6) is 0 Å². The van der Waals surface area contributed by atoms with Crippen molar-refractivity contribution in [1.82, 2.24) is 14.7 Å². The average Bonchev–Trinajstić information content (AvgIpc) is 3.26. The summed E-state index contributed by atoms with van der Waals surface area (Å²) < 4.78 is 12.8. The van der Waals surface area contributed by atoms with Gasteiger partial charge in [0.25, 0.3) is 5.89 Å². The lowest BCUT2D eigenvalue weighted by molar-refractivity contribution is 0.0429. The van der Waals surface area contributed by atoms with Gasteiger partial charge in [0.2, 0.25) is 5.82 Å². The number of carbonyl (C=O) groups excluding carboxylic acids is 1. The van der Waals surface area contributed by atoms with Gasteiger partial charge in [0.05, 0.1) is 5.56 Å². The molecule has 0 unspecified atom stereocenters. The second kappa shape index (κ2) is 6.44. The minimum atomic E-state index is -0.361. The van der Waals surface area contributed by atoms with E-state index in [0.717, 1.165) is 22.5 Å². The summed E-state index contributed by atoms with van der Waals surface area (Å²) in [6, 6.07) is 10.2. The molecule has 0 atom stereocenters. The summed E-state index contributed by atoms with van der Waals surface area (Å²) in [5.41, 5.74) is 4.62. The number of aromatic nitrogens is 3. The molecule has 1 aliphatic rings. The highest BCUT2D eigenvalue weighted by Crippen LogP contribution is 2.38. The van der Waals surface area contributed by atoms with E-state index in [1.807, 2.05) is 51.1 Å². The first-order valence-corrected chi connectivity index (χ1v) is 8.78. The first-order valence-electron chi connectivity index (χ1n) is 8.78. The standard InChI is InChI=1S/C20H21N3O3/c1-12-6-4-5-7-16(12)19-21-18(26-22-19)11-25-20(24)17-10-13(2)23(14(17)3)15-8-9-15/h4-7,10,15H,8-9,11H2,1-3H3. The van der Waals surface area contributed by atoms with Crippen molar-refractivity contribution in [2.45, 2.75) is 46.3 Å². The summed E-state index contributed by atoms with van der Waals surface area (Å²) in [4.78, 5) is 16.8. The topological polar surface area (TPSA) is 70.2 Å². The van der Waals surface area contributed by atoms with Crippen LogP contribution in [0.4, 0.5) is 0 Å². The lowest BCUT2D eigenvalue weighted by Crippen LogP contribution is -2.07. The minimum absolute atomic E-state index is 0.0369. The zero-order valence-corrected chi connectivity index (χ0v) is 15.2. The van der Waals surface area contributed by atoms with Crippen LogP contribution in [0.15, 0.2) is 34.9 Å². The Morgan fingerprint density at radius 3 is 2.77 bits per heavy atom. The smallest absolute Gasteiger partial charge is 0.340 e. The maximum Gasteiger partial charge on any atom is 0.340 e. The summed E-state index contributed by atoms with van der Waals surface area (Å²) >= 11 is 0. The highest BCUT2D eigenvalue weighted by Gasteiger charge is 2.28. The lowest BCUT2D eigenvalue weighted by atomic mass is 10.1. The van der Waals surface area contributed by atoms with Gasteiger partial charge in [-0.15, -0.1) is 0 Å². The molecule has 1 fully saturated rings. The van der Waals surface area contributed by atoms with Crippen molar-refractivity contribution in [2.24, 2.45) is 0 Å². The molecule has 6 nitrogen and oxygen atoms in total. The molecule has 0 amide bonds. The van der Waals surface area contributed by atoms with Gasteiger partial charge in [-0.3, -0.25) is 0 Å². The van der Waals surface area contributed by atoms with Gasteiger partial charge in [0.1, 0.15) is 0 Å². The quantitative estimate of drug-likeness (QED) is 0.646. The van der Waals surface area contributed by atoms with E-state index < -0.39 is 0 Å². The van der Waals surface area contributed by atoms with Crippen LogP contribution in [0, 0.1) is 20.8 Å². The zero-order chi connectivity index (χ0) is 18.3. The van der Waals surface area contributed by atoms with Crippen LogP contribution in [-0.4, -0.2) is 20.7 Å². The number of ether oxygens (including phenoxy) is 1. The predicted octanol–water partition coefficient (Wildman–Crippen LogP) is 4.16. The molecule has 4 rings (SSSR count). The SMILES string of the molecule is Cc1ccccc1-c1noc(COC(=O)c2cc(C)n(C3CC3)c2C)n1. The van der Waals surface area contributed by atoms with Gasteiger partial charge in [-0.25, -0.2) is 4.79 Å².